The Bertz CT molecular complexity index is 422. The summed E-state index contributed by atoms with van der Waals surface area (Å²) in [5.41, 5.74) is 4.38. The van der Waals surface area contributed by atoms with Crippen LogP contribution >= 0.6 is 0 Å². The number of carbonyl (C=O) groups is 1. The summed E-state index contributed by atoms with van der Waals surface area (Å²) in [6.45, 7) is -0.0815. The number of rotatable bonds is 5. The van der Waals surface area contributed by atoms with Crippen LogP contribution in [0.15, 0.2) is 18.2 Å². The zero-order chi connectivity index (χ0) is 12.1. The molecule has 0 aliphatic carbocycles. The van der Waals surface area contributed by atoms with E-state index in [-0.39, 0.29) is 18.8 Å². The van der Waals surface area contributed by atoms with Gasteiger partial charge in [-0.3, -0.25) is 14.9 Å². The fourth-order valence-corrected chi connectivity index (χ4v) is 1.02. The molecule has 0 fully saturated rings. The molecule has 86 valence electrons. The summed E-state index contributed by atoms with van der Waals surface area (Å²) >= 11 is 0. The van der Waals surface area contributed by atoms with Gasteiger partial charge in [-0.15, -0.1) is 0 Å². The van der Waals surface area contributed by atoms with Gasteiger partial charge in [0.25, 0.3) is 0 Å². The third kappa shape index (κ3) is 3.19. The summed E-state index contributed by atoms with van der Waals surface area (Å²) in [7, 11) is 0. The molecule has 16 heavy (non-hydrogen) atoms. The molecular weight excluding hydrogens is 219 g/mol. The van der Waals surface area contributed by atoms with Crippen molar-refractivity contribution in [2.45, 2.75) is 6.42 Å². The van der Waals surface area contributed by atoms with Gasteiger partial charge in [-0.1, -0.05) is 0 Å². The molecule has 0 radical (unpaired) electrons. The monoisotopic (exact) mass is 228 g/mol. The highest BCUT2D eigenvalue weighted by Crippen LogP contribution is 2.27. The number of nitrogens with zero attached hydrogens (tertiary/aromatic N) is 1. The van der Waals surface area contributed by atoms with Crippen LogP contribution in [0.25, 0.3) is 0 Å². The average Bonchev–Trinajstić information content (AvgIpc) is 2.19. The van der Waals surface area contributed by atoms with Crippen LogP contribution in [0.1, 0.15) is 6.42 Å². The molecule has 7 heteroatoms. The van der Waals surface area contributed by atoms with Crippen LogP contribution in [0.5, 0.6) is 5.75 Å². The lowest BCUT2D eigenvalue weighted by molar-refractivity contribution is -0.386. The van der Waals surface area contributed by atoms with Crippen molar-refractivity contribution in [3.8, 4) is 5.75 Å². The molecular formula is C9H9FN2O4. The Balaban J connectivity index is 2.78. The Kier molecular flexibility index (Phi) is 3.76. The highest BCUT2D eigenvalue weighted by Gasteiger charge is 2.16. The first-order valence-electron chi connectivity index (χ1n) is 4.35. The first-order valence-corrected chi connectivity index (χ1v) is 4.35. The smallest absolute Gasteiger partial charge is 0.313 e. The van der Waals surface area contributed by atoms with Crippen LogP contribution in [0.3, 0.4) is 0 Å². The summed E-state index contributed by atoms with van der Waals surface area (Å²) < 4.78 is 17.7. The van der Waals surface area contributed by atoms with Crippen molar-refractivity contribution >= 4 is 11.6 Å². The van der Waals surface area contributed by atoms with Gasteiger partial charge in [-0.05, 0) is 12.1 Å². The van der Waals surface area contributed by atoms with Crippen molar-refractivity contribution in [1.29, 1.82) is 0 Å². The van der Waals surface area contributed by atoms with E-state index in [1.807, 2.05) is 0 Å². The maximum absolute atomic E-state index is 12.7. The SMILES string of the molecule is NC(=O)CCOc1ccc(F)cc1[N+](=O)[O-]. The van der Waals surface area contributed by atoms with Gasteiger partial charge in [-0.25, -0.2) is 4.39 Å². The second kappa shape index (κ2) is 5.06. The van der Waals surface area contributed by atoms with Crippen LogP contribution in [0.2, 0.25) is 0 Å². The number of nitrogens with two attached hydrogens (primary N) is 1. The lowest BCUT2D eigenvalue weighted by atomic mass is 10.3. The van der Waals surface area contributed by atoms with E-state index in [0.29, 0.717) is 0 Å². The van der Waals surface area contributed by atoms with Gasteiger partial charge < -0.3 is 10.5 Å². The minimum atomic E-state index is -0.761. The first kappa shape index (κ1) is 11.9. The molecule has 6 nitrogen and oxygen atoms in total. The summed E-state index contributed by atoms with van der Waals surface area (Å²) in [6.07, 6.45) is -0.0610. The molecule has 2 N–H and O–H groups in total. The van der Waals surface area contributed by atoms with Crippen LogP contribution in [-0.4, -0.2) is 17.4 Å². The second-order valence-electron chi connectivity index (χ2n) is 2.93. The number of nitro benzene ring substituents is 1. The number of primary amides is 1. The summed E-state index contributed by atoms with van der Waals surface area (Å²) in [6, 6.07) is 2.92. The van der Waals surface area contributed by atoms with E-state index in [0.717, 1.165) is 18.2 Å². The van der Waals surface area contributed by atoms with Crippen molar-refractivity contribution in [1.82, 2.24) is 0 Å². The predicted molar refractivity (Wildman–Crippen MR) is 52.4 cm³/mol. The number of benzene rings is 1. The zero-order valence-corrected chi connectivity index (χ0v) is 8.18. The molecule has 0 unspecified atom stereocenters. The van der Waals surface area contributed by atoms with E-state index in [4.69, 9.17) is 10.5 Å². The molecule has 0 aromatic heterocycles. The Morgan fingerprint density at radius 1 is 1.56 bits per heavy atom. The van der Waals surface area contributed by atoms with Gasteiger partial charge in [0.1, 0.15) is 5.82 Å². The maximum atomic E-state index is 12.7. The Hall–Kier alpha value is -2.18. The van der Waals surface area contributed by atoms with E-state index in [1.165, 1.54) is 0 Å². The summed E-state index contributed by atoms with van der Waals surface area (Å²) in [5, 5.41) is 10.5. The van der Waals surface area contributed by atoms with Crippen molar-refractivity contribution in [2.24, 2.45) is 5.73 Å². The average molecular weight is 228 g/mol. The van der Waals surface area contributed by atoms with Gasteiger partial charge in [0.2, 0.25) is 5.91 Å². The number of hydrogen-bond donors (Lipinski definition) is 1. The van der Waals surface area contributed by atoms with Crippen molar-refractivity contribution in [3.63, 3.8) is 0 Å². The lowest BCUT2D eigenvalue weighted by Crippen LogP contribution is -2.14. The molecule has 0 saturated heterocycles. The standard InChI is InChI=1S/C9H9FN2O4/c10-6-1-2-8(7(5-6)12(14)15)16-4-3-9(11)13/h1-2,5H,3-4H2,(H2,11,13). The summed E-state index contributed by atoms with van der Waals surface area (Å²) in [4.78, 5) is 20.2. The van der Waals surface area contributed by atoms with Gasteiger partial charge in [0, 0.05) is 0 Å². The quantitative estimate of drug-likeness (QED) is 0.600. The third-order valence-corrected chi connectivity index (χ3v) is 1.72. The molecule has 1 amide bonds. The van der Waals surface area contributed by atoms with Crippen molar-refractivity contribution < 1.29 is 18.8 Å². The van der Waals surface area contributed by atoms with Crippen LogP contribution in [-0.2, 0) is 4.79 Å². The van der Waals surface area contributed by atoms with Gasteiger partial charge in [0.05, 0.1) is 24.0 Å². The van der Waals surface area contributed by atoms with Gasteiger partial charge in [0.15, 0.2) is 5.75 Å². The molecule has 1 aromatic rings. The first-order chi connectivity index (χ1) is 7.50. The minimum absolute atomic E-state index is 0.0610. The largest absolute Gasteiger partial charge is 0.486 e. The zero-order valence-electron chi connectivity index (χ0n) is 8.18. The molecule has 0 bridgehead atoms. The molecule has 0 aliphatic heterocycles. The maximum Gasteiger partial charge on any atom is 0.313 e. The fraction of sp³-hybridized carbons (Fsp3) is 0.222. The molecule has 0 heterocycles. The third-order valence-electron chi connectivity index (χ3n) is 1.72. The molecule has 0 aliphatic rings. The highest BCUT2D eigenvalue weighted by molar-refractivity contribution is 5.73. The second-order valence-corrected chi connectivity index (χ2v) is 2.93. The number of halogens is 1. The molecule has 0 atom stereocenters. The van der Waals surface area contributed by atoms with Crippen molar-refractivity contribution in [3.05, 3.63) is 34.1 Å². The lowest BCUT2D eigenvalue weighted by Gasteiger charge is -2.05. The van der Waals surface area contributed by atoms with Gasteiger partial charge in [-0.2, -0.15) is 0 Å². The number of carbonyl (C=O) groups excluding carboxylic acids is 1. The Morgan fingerprint density at radius 3 is 2.81 bits per heavy atom. The van der Waals surface area contributed by atoms with Crippen LogP contribution in [0, 0.1) is 15.9 Å². The van der Waals surface area contributed by atoms with Gasteiger partial charge >= 0.3 is 5.69 Å². The predicted octanol–water partition coefficient (Wildman–Crippen LogP) is 0.988. The van der Waals surface area contributed by atoms with E-state index in [2.05, 4.69) is 0 Å². The Morgan fingerprint density at radius 2 is 2.25 bits per heavy atom. The molecule has 0 spiro atoms. The molecule has 1 aromatic carbocycles. The van der Waals surface area contributed by atoms with E-state index in [1.54, 1.807) is 0 Å². The summed E-state index contributed by atoms with van der Waals surface area (Å²) in [5.74, 6) is -1.40. The normalized spacial score (nSPS) is 9.81. The topological polar surface area (TPSA) is 95.5 Å². The highest BCUT2D eigenvalue weighted by atomic mass is 19.1. The molecule has 0 saturated carbocycles. The number of hydrogen-bond acceptors (Lipinski definition) is 4. The van der Waals surface area contributed by atoms with Crippen molar-refractivity contribution in [2.75, 3.05) is 6.61 Å². The van der Waals surface area contributed by atoms with E-state index in [9.17, 15) is 19.3 Å². The number of amides is 1. The number of ether oxygens (including phenoxy) is 1. The van der Waals surface area contributed by atoms with Crippen LogP contribution in [0.4, 0.5) is 10.1 Å². The fourth-order valence-electron chi connectivity index (χ4n) is 1.02. The Labute approximate surface area is 90.0 Å². The van der Waals surface area contributed by atoms with E-state index < -0.39 is 22.3 Å². The number of nitro groups is 1. The van der Waals surface area contributed by atoms with E-state index >= 15 is 0 Å². The van der Waals surface area contributed by atoms with Crippen LogP contribution < -0.4 is 10.5 Å². The minimum Gasteiger partial charge on any atom is -0.486 e. The molecule has 1 rings (SSSR count).